The molecule has 0 heterocycles. The van der Waals surface area contributed by atoms with Gasteiger partial charge in [-0.3, -0.25) is 0 Å². The maximum Gasteiger partial charge on any atom is 0.337 e. The van der Waals surface area contributed by atoms with Crippen molar-refractivity contribution in [1.29, 1.82) is 0 Å². The smallest absolute Gasteiger partial charge is 0.337 e. The predicted molar refractivity (Wildman–Crippen MR) is 59.3 cm³/mol. The molecule has 0 atom stereocenters. The molecule has 1 rings (SSSR count). The number of carbonyl (C=O) groups is 2. The minimum atomic E-state index is -3.00. The lowest BCUT2D eigenvalue weighted by molar-refractivity contribution is -0.133. The van der Waals surface area contributed by atoms with E-state index in [9.17, 15) is 26.4 Å². The number of carboxylic acids is 2. The molecule has 10 heteroatoms. The van der Waals surface area contributed by atoms with Crippen molar-refractivity contribution in [3.8, 4) is 0 Å². The van der Waals surface area contributed by atoms with E-state index in [0.29, 0.717) is 12.2 Å². The second kappa shape index (κ2) is 4.98. The van der Waals surface area contributed by atoms with Gasteiger partial charge in [0.05, 0.1) is 11.1 Å². The van der Waals surface area contributed by atoms with Crippen molar-refractivity contribution in [2.75, 3.05) is 0 Å². The van der Waals surface area contributed by atoms with Gasteiger partial charge in [0.2, 0.25) is 20.6 Å². The average Bonchev–Trinajstić information content (AvgIpc) is 2.26. The van der Waals surface area contributed by atoms with Crippen molar-refractivity contribution in [2.45, 2.75) is 0 Å². The van der Waals surface area contributed by atoms with Crippen molar-refractivity contribution in [2.24, 2.45) is 0 Å². The van der Waals surface area contributed by atoms with Crippen LogP contribution in [0.25, 0.3) is 0 Å². The normalized spacial score (nSPS) is 14.7. The third-order valence-electron chi connectivity index (χ3n) is 1.90. The summed E-state index contributed by atoms with van der Waals surface area (Å²) < 4.78 is 43.1. The van der Waals surface area contributed by atoms with Gasteiger partial charge < -0.3 is 10.2 Å². The molecular weight excluding hydrogens is 288 g/mol. The summed E-state index contributed by atoms with van der Waals surface area (Å²) in [5.74, 6) is -3.37. The zero-order valence-electron chi connectivity index (χ0n) is 8.32. The first-order valence-electron chi connectivity index (χ1n) is 4.09. The van der Waals surface area contributed by atoms with Gasteiger partial charge in [-0.25, -0.2) is 9.59 Å². The van der Waals surface area contributed by atoms with Crippen LogP contribution in [0.3, 0.4) is 0 Å². The second-order valence-corrected chi connectivity index (χ2v) is 4.74. The van der Waals surface area contributed by atoms with E-state index in [1.54, 1.807) is 0 Å². The Morgan fingerprint density at radius 1 is 0.778 bits per heavy atom. The minimum absolute atomic E-state index is 0.486. The molecule has 0 unspecified atom stereocenters. The lowest BCUT2D eigenvalue weighted by atomic mass is 9.99. The molecule has 0 aromatic carbocycles. The van der Waals surface area contributed by atoms with E-state index < -0.39 is 53.4 Å². The largest absolute Gasteiger partial charge is 0.478 e. The number of carboxylic acid groups (broad SMARTS) is 2. The Balaban J connectivity index is 3.81. The molecule has 18 heavy (non-hydrogen) atoms. The molecule has 0 radical (unpaired) electrons. The summed E-state index contributed by atoms with van der Waals surface area (Å²) in [4.78, 5) is 19.9. The van der Waals surface area contributed by atoms with Crippen LogP contribution < -0.4 is 0 Å². The van der Waals surface area contributed by atoms with Crippen LogP contribution in [0.2, 0.25) is 0 Å². The molecular formula is C8H4O8S2. The molecule has 0 amide bonds. The molecule has 0 bridgehead atoms. The highest BCUT2D eigenvalue weighted by atomic mass is 32.2. The molecule has 0 spiro atoms. The SMILES string of the molecule is O=C(O)C1=CC(=S(=O)=O)C(C(=O)O)=CC1=S(=O)=O. The Labute approximate surface area is 103 Å². The Morgan fingerprint density at radius 3 is 1.22 bits per heavy atom. The zero-order chi connectivity index (χ0) is 14.0. The molecule has 0 aliphatic heterocycles. The van der Waals surface area contributed by atoms with Gasteiger partial charge in [0.15, 0.2) is 0 Å². The fourth-order valence-corrected chi connectivity index (χ4v) is 2.25. The molecule has 0 aromatic rings. The second-order valence-electron chi connectivity index (χ2n) is 2.92. The van der Waals surface area contributed by atoms with Crippen molar-refractivity contribution >= 4 is 42.3 Å². The molecule has 2 N–H and O–H groups in total. The first-order valence-corrected chi connectivity index (χ1v) is 6.23. The molecule has 1 aliphatic carbocycles. The van der Waals surface area contributed by atoms with E-state index in [0.717, 1.165) is 0 Å². The fraction of sp³-hybridized carbons (Fsp3) is 0. The van der Waals surface area contributed by atoms with Crippen molar-refractivity contribution in [3.63, 3.8) is 0 Å². The first kappa shape index (κ1) is 13.9. The van der Waals surface area contributed by atoms with E-state index >= 15 is 0 Å². The van der Waals surface area contributed by atoms with Crippen molar-refractivity contribution in [1.82, 2.24) is 0 Å². The molecule has 96 valence electrons. The number of allylic oxidation sites excluding steroid dienone is 2. The summed E-state index contributed by atoms with van der Waals surface area (Å²) in [6, 6.07) is 0. The Morgan fingerprint density at radius 2 is 1.06 bits per heavy atom. The van der Waals surface area contributed by atoms with Gasteiger partial charge in [0, 0.05) is 0 Å². The van der Waals surface area contributed by atoms with Crippen molar-refractivity contribution < 1.29 is 36.6 Å². The lowest BCUT2D eigenvalue weighted by Crippen LogP contribution is -2.23. The number of hydrogen-bond donors (Lipinski definition) is 2. The van der Waals surface area contributed by atoms with Gasteiger partial charge in [-0.1, -0.05) is 0 Å². The summed E-state index contributed by atoms with van der Waals surface area (Å²) in [6.07, 6.45) is 0.972. The molecule has 8 nitrogen and oxygen atoms in total. The topological polar surface area (TPSA) is 143 Å². The van der Waals surface area contributed by atoms with Gasteiger partial charge in [-0.15, -0.1) is 0 Å². The van der Waals surface area contributed by atoms with Crippen LogP contribution in [0.15, 0.2) is 23.3 Å². The highest BCUT2D eigenvalue weighted by Crippen LogP contribution is 2.13. The quantitative estimate of drug-likeness (QED) is 0.563. The van der Waals surface area contributed by atoms with E-state index in [4.69, 9.17) is 10.2 Å². The Kier molecular flexibility index (Phi) is 3.83. The van der Waals surface area contributed by atoms with Crippen LogP contribution in [-0.2, 0) is 30.2 Å². The van der Waals surface area contributed by atoms with Crippen LogP contribution in [-0.4, -0.2) is 48.7 Å². The molecule has 0 saturated carbocycles. The number of hydrogen-bond acceptors (Lipinski definition) is 6. The van der Waals surface area contributed by atoms with Gasteiger partial charge in [-0.05, 0) is 12.2 Å². The van der Waals surface area contributed by atoms with Gasteiger partial charge >= 0.3 is 11.9 Å². The van der Waals surface area contributed by atoms with Crippen LogP contribution >= 0.6 is 0 Å². The van der Waals surface area contributed by atoms with Crippen LogP contribution in [0.5, 0.6) is 0 Å². The Bertz CT molecular complexity index is 689. The lowest BCUT2D eigenvalue weighted by Gasteiger charge is -2.08. The van der Waals surface area contributed by atoms with Gasteiger partial charge in [0.1, 0.15) is 9.73 Å². The summed E-state index contributed by atoms with van der Waals surface area (Å²) in [7, 11) is -6.01. The average molecular weight is 292 g/mol. The highest BCUT2D eigenvalue weighted by molar-refractivity contribution is 7.75. The van der Waals surface area contributed by atoms with Gasteiger partial charge in [0.25, 0.3) is 0 Å². The molecule has 0 aromatic heterocycles. The van der Waals surface area contributed by atoms with E-state index in [-0.39, 0.29) is 0 Å². The summed E-state index contributed by atoms with van der Waals surface area (Å²) in [5.41, 5.74) is -1.62. The Hall–Kier alpha value is -2.20. The fourth-order valence-electron chi connectivity index (χ4n) is 1.17. The van der Waals surface area contributed by atoms with Crippen molar-refractivity contribution in [3.05, 3.63) is 23.3 Å². The number of aliphatic carboxylic acids is 2. The van der Waals surface area contributed by atoms with E-state index in [2.05, 4.69) is 0 Å². The predicted octanol–water partition coefficient (Wildman–Crippen LogP) is -1.88. The highest BCUT2D eigenvalue weighted by Gasteiger charge is 2.27. The third kappa shape index (κ3) is 2.55. The monoisotopic (exact) mass is 292 g/mol. The van der Waals surface area contributed by atoms with Crippen LogP contribution in [0.4, 0.5) is 0 Å². The summed E-state index contributed by atoms with van der Waals surface area (Å²) >= 11 is 0. The molecule has 0 fully saturated rings. The van der Waals surface area contributed by atoms with E-state index in [1.165, 1.54) is 0 Å². The first-order chi connectivity index (χ1) is 8.25. The zero-order valence-corrected chi connectivity index (χ0v) is 9.95. The third-order valence-corrected chi connectivity index (χ3v) is 3.30. The standard InChI is InChI=1S/C8H4O8S2/c9-7(10)3-1-5(17(13)14)4(8(11)12)2-6(3)18(15)16/h1-2H,(H,9,10)(H,11,12). The van der Waals surface area contributed by atoms with Crippen LogP contribution in [0.1, 0.15) is 0 Å². The van der Waals surface area contributed by atoms with Crippen LogP contribution in [0, 0.1) is 0 Å². The summed E-state index contributed by atoms with van der Waals surface area (Å²) in [5, 5.41) is 17.5. The van der Waals surface area contributed by atoms with Gasteiger partial charge in [-0.2, -0.15) is 16.8 Å². The maximum absolute atomic E-state index is 10.8. The number of rotatable bonds is 2. The molecule has 1 aliphatic rings. The maximum atomic E-state index is 10.8. The van der Waals surface area contributed by atoms with E-state index in [1.807, 2.05) is 0 Å². The summed E-state index contributed by atoms with van der Waals surface area (Å²) in [6.45, 7) is 0. The minimum Gasteiger partial charge on any atom is -0.478 e. The molecule has 0 saturated heterocycles.